The molecule has 4 rings (SSSR count). The minimum atomic E-state index is -4.88. The number of aliphatic hydroxyl groups excluding tert-OH is 1. The van der Waals surface area contributed by atoms with Crippen molar-refractivity contribution in [2.45, 2.75) is 26.1 Å². The number of nitrogens with one attached hydrogen (secondary N) is 1. The molecule has 0 saturated carbocycles. The fourth-order valence-corrected chi connectivity index (χ4v) is 3.52. The van der Waals surface area contributed by atoms with Gasteiger partial charge in [0, 0.05) is 5.69 Å². The molecular formula is C22H17F5N6O2. The van der Waals surface area contributed by atoms with Gasteiger partial charge < -0.3 is 16.2 Å². The van der Waals surface area contributed by atoms with Crippen LogP contribution in [0.1, 0.15) is 28.7 Å². The quantitative estimate of drug-likeness (QED) is 0.371. The molecule has 2 aromatic heterocycles. The standard InChI is InChI=1S/C22H17F5N6O2/c1-9-17-18(20(28)30-10(2)29-17)33(32-9)16-4-3-14(8-15(16)24)31-21(35)19(34)11-5-12(22(25,26)27)7-13(23)6-11/h3-8,19,34H,1-2H3,(H,31,35)(H2,28,29,30)/t19-/m1/s1. The number of aryl methyl sites for hydroxylation is 2. The maximum Gasteiger partial charge on any atom is 0.416 e. The van der Waals surface area contributed by atoms with Crippen LogP contribution in [0, 0.1) is 25.5 Å². The highest BCUT2D eigenvalue weighted by molar-refractivity contribution is 5.95. The molecule has 182 valence electrons. The van der Waals surface area contributed by atoms with Crippen LogP contribution in [0.4, 0.5) is 33.5 Å². The van der Waals surface area contributed by atoms with Crippen LogP contribution in [0.2, 0.25) is 0 Å². The molecule has 0 unspecified atom stereocenters. The van der Waals surface area contributed by atoms with Crippen LogP contribution in [0.5, 0.6) is 0 Å². The number of anilines is 2. The summed E-state index contributed by atoms with van der Waals surface area (Å²) in [6.45, 7) is 3.31. The van der Waals surface area contributed by atoms with E-state index in [1.165, 1.54) is 16.8 Å². The molecule has 0 bridgehead atoms. The zero-order valence-electron chi connectivity index (χ0n) is 18.2. The van der Waals surface area contributed by atoms with Gasteiger partial charge in [-0.15, -0.1) is 0 Å². The van der Waals surface area contributed by atoms with Gasteiger partial charge in [0.1, 0.15) is 28.4 Å². The molecular weight excluding hydrogens is 475 g/mol. The Morgan fingerprint density at radius 1 is 1.11 bits per heavy atom. The highest BCUT2D eigenvalue weighted by atomic mass is 19.4. The average molecular weight is 492 g/mol. The molecule has 8 nitrogen and oxygen atoms in total. The van der Waals surface area contributed by atoms with Gasteiger partial charge in [-0.05, 0) is 55.8 Å². The van der Waals surface area contributed by atoms with Crippen molar-refractivity contribution in [1.82, 2.24) is 19.7 Å². The third-order valence-corrected chi connectivity index (χ3v) is 5.08. The van der Waals surface area contributed by atoms with Crippen molar-refractivity contribution in [1.29, 1.82) is 0 Å². The number of aromatic nitrogens is 4. The van der Waals surface area contributed by atoms with Gasteiger partial charge in [0.25, 0.3) is 5.91 Å². The first kappa shape index (κ1) is 24.0. The Hall–Kier alpha value is -4.13. The summed E-state index contributed by atoms with van der Waals surface area (Å²) >= 11 is 0. The van der Waals surface area contributed by atoms with Crippen molar-refractivity contribution in [2.24, 2.45) is 0 Å². The van der Waals surface area contributed by atoms with E-state index in [4.69, 9.17) is 5.73 Å². The zero-order chi connectivity index (χ0) is 25.7. The van der Waals surface area contributed by atoms with E-state index in [2.05, 4.69) is 20.4 Å². The Balaban J connectivity index is 1.62. The summed E-state index contributed by atoms with van der Waals surface area (Å²) in [5, 5.41) is 16.6. The van der Waals surface area contributed by atoms with Gasteiger partial charge in [0.2, 0.25) is 0 Å². The number of benzene rings is 2. The van der Waals surface area contributed by atoms with Crippen molar-refractivity contribution in [3.8, 4) is 5.69 Å². The highest BCUT2D eigenvalue weighted by Crippen LogP contribution is 2.32. The number of alkyl halides is 3. The fourth-order valence-electron chi connectivity index (χ4n) is 3.52. The van der Waals surface area contributed by atoms with Gasteiger partial charge in [-0.1, -0.05) is 0 Å². The maximum absolute atomic E-state index is 15.0. The Morgan fingerprint density at radius 3 is 2.49 bits per heavy atom. The lowest BCUT2D eigenvalue weighted by Crippen LogP contribution is -2.21. The normalized spacial score (nSPS) is 12.7. The smallest absolute Gasteiger partial charge is 0.382 e. The number of nitrogen functional groups attached to an aromatic ring is 1. The third-order valence-electron chi connectivity index (χ3n) is 5.08. The van der Waals surface area contributed by atoms with Crippen LogP contribution in [-0.4, -0.2) is 30.8 Å². The molecule has 0 aliphatic rings. The molecule has 2 aromatic carbocycles. The van der Waals surface area contributed by atoms with Gasteiger partial charge in [0.15, 0.2) is 17.7 Å². The monoisotopic (exact) mass is 492 g/mol. The van der Waals surface area contributed by atoms with Crippen molar-refractivity contribution in [3.63, 3.8) is 0 Å². The topological polar surface area (TPSA) is 119 Å². The summed E-state index contributed by atoms with van der Waals surface area (Å²) in [5.41, 5.74) is 5.03. The van der Waals surface area contributed by atoms with E-state index in [9.17, 15) is 31.9 Å². The second-order valence-corrected chi connectivity index (χ2v) is 7.68. The molecule has 4 N–H and O–H groups in total. The number of fused-ring (bicyclic) bond motifs is 1. The number of carbonyl (C=O) groups excluding carboxylic acids is 1. The SMILES string of the molecule is Cc1nc(N)c2c(n1)c(C)nn2-c1ccc(NC(=O)[C@H](O)c2cc(F)cc(C(F)(F)F)c2)cc1F. The van der Waals surface area contributed by atoms with E-state index >= 15 is 0 Å². The Kier molecular flexibility index (Phi) is 5.88. The molecule has 13 heteroatoms. The summed E-state index contributed by atoms with van der Waals surface area (Å²) in [6.07, 6.45) is -7.03. The summed E-state index contributed by atoms with van der Waals surface area (Å²) in [4.78, 5) is 20.7. The van der Waals surface area contributed by atoms with Crippen molar-refractivity contribution < 1.29 is 31.9 Å². The first-order valence-corrected chi connectivity index (χ1v) is 10.0. The van der Waals surface area contributed by atoms with E-state index in [0.29, 0.717) is 29.2 Å². The van der Waals surface area contributed by atoms with Crippen LogP contribution in [0.3, 0.4) is 0 Å². The number of carbonyl (C=O) groups is 1. The molecule has 0 aliphatic carbocycles. The first-order chi connectivity index (χ1) is 16.3. The minimum absolute atomic E-state index is 0.0410. The fraction of sp³-hybridized carbons (Fsp3) is 0.182. The lowest BCUT2D eigenvalue weighted by Gasteiger charge is -2.15. The van der Waals surface area contributed by atoms with E-state index in [-0.39, 0.29) is 28.8 Å². The summed E-state index contributed by atoms with van der Waals surface area (Å²) in [6, 6.07) is 4.76. The van der Waals surface area contributed by atoms with Crippen molar-refractivity contribution >= 4 is 28.4 Å². The molecule has 1 atom stereocenters. The third kappa shape index (κ3) is 4.62. The predicted octanol–water partition coefficient (Wildman–Crippen LogP) is 3.98. The Bertz CT molecular complexity index is 1470. The van der Waals surface area contributed by atoms with Crippen LogP contribution in [-0.2, 0) is 11.0 Å². The molecule has 35 heavy (non-hydrogen) atoms. The first-order valence-electron chi connectivity index (χ1n) is 10.0. The molecule has 0 saturated heterocycles. The summed E-state index contributed by atoms with van der Waals surface area (Å²) in [7, 11) is 0. The van der Waals surface area contributed by atoms with E-state index in [1.807, 2.05) is 0 Å². The average Bonchev–Trinajstić information content (AvgIpc) is 3.08. The van der Waals surface area contributed by atoms with Crippen molar-refractivity contribution in [2.75, 3.05) is 11.1 Å². The molecule has 2 heterocycles. The minimum Gasteiger partial charge on any atom is -0.382 e. The lowest BCUT2D eigenvalue weighted by atomic mass is 10.0. The molecule has 0 radical (unpaired) electrons. The second-order valence-electron chi connectivity index (χ2n) is 7.68. The Morgan fingerprint density at radius 2 is 1.83 bits per heavy atom. The van der Waals surface area contributed by atoms with Gasteiger partial charge in [-0.3, -0.25) is 4.79 Å². The predicted molar refractivity (Wildman–Crippen MR) is 115 cm³/mol. The van der Waals surface area contributed by atoms with Gasteiger partial charge in [-0.2, -0.15) is 18.3 Å². The number of hydrogen-bond donors (Lipinski definition) is 3. The summed E-state index contributed by atoms with van der Waals surface area (Å²) in [5.74, 6) is -2.81. The molecule has 0 aliphatic heterocycles. The summed E-state index contributed by atoms with van der Waals surface area (Å²) < 4.78 is 68.5. The van der Waals surface area contributed by atoms with Gasteiger partial charge in [0.05, 0.1) is 11.3 Å². The number of nitrogens with two attached hydrogens (primary N) is 1. The number of halogens is 5. The number of hydrogen-bond acceptors (Lipinski definition) is 6. The Labute approximate surface area is 194 Å². The van der Waals surface area contributed by atoms with Crippen LogP contribution in [0.25, 0.3) is 16.7 Å². The number of aliphatic hydroxyl groups is 1. The highest BCUT2D eigenvalue weighted by Gasteiger charge is 2.32. The second kappa shape index (κ2) is 8.58. The van der Waals surface area contributed by atoms with E-state index < -0.39 is 40.9 Å². The van der Waals surface area contributed by atoms with Crippen molar-refractivity contribution in [3.05, 3.63) is 70.7 Å². The van der Waals surface area contributed by atoms with Crippen LogP contribution >= 0.6 is 0 Å². The zero-order valence-corrected chi connectivity index (χ0v) is 18.2. The number of rotatable bonds is 4. The molecule has 1 amide bonds. The number of amides is 1. The maximum atomic E-state index is 15.0. The molecule has 0 spiro atoms. The number of nitrogens with zero attached hydrogens (tertiary/aromatic N) is 4. The van der Waals surface area contributed by atoms with E-state index in [1.54, 1.807) is 13.8 Å². The lowest BCUT2D eigenvalue weighted by molar-refractivity contribution is -0.138. The molecule has 4 aromatic rings. The van der Waals surface area contributed by atoms with E-state index in [0.717, 1.165) is 6.07 Å². The van der Waals surface area contributed by atoms with Gasteiger partial charge >= 0.3 is 6.18 Å². The van der Waals surface area contributed by atoms with Crippen LogP contribution in [0.15, 0.2) is 36.4 Å². The molecule has 0 fully saturated rings. The largest absolute Gasteiger partial charge is 0.416 e. The van der Waals surface area contributed by atoms with Gasteiger partial charge in [-0.25, -0.2) is 23.4 Å². The van der Waals surface area contributed by atoms with Crippen LogP contribution < -0.4 is 11.1 Å².